The highest BCUT2D eigenvalue weighted by Gasteiger charge is 2.63. The van der Waals surface area contributed by atoms with Crippen LogP contribution >= 0.6 is 12.4 Å². The van der Waals surface area contributed by atoms with Gasteiger partial charge in [-0.15, -0.1) is 12.4 Å². The van der Waals surface area contributed by atoms with E-state index in [2.05, 4.69) is 24.1 Å². The van der Waals surface area contributed by atoms with Crippen LogP contribution in [0.2, 0.25) is 0 Å². The Balaban J connectivity index is 0.00000261. The molecule has 2 unspecified atom stereocenters. The minimum absolute atomic E-state index is 0. The average molecular weight is 404 g/mol. The Kier molecular flexibility index (Phi) is 7.59. The van der Waals surface area contributed by atoms with Gasteiger partial charge in [-0.2, -0.15) is 0 Å². The Hall–Kier alpha value is -0.400. The highest BCUT2D eigenvalue weighted by molar-refractivity contribution is 5.88. The average Bonchev–Trinajstić information content (AvgIpc) is 2.67. The predicted molar refractivity (Wildman–Crippen MR) is 109 cm³/mol. The fourth-order valence-electron chi connectivity index (χ4n) is 5.08. The number of nitrogens with zero attached hydrogens (tertiary/aromatic N) is 1. The van der Waals surface area contributed by atoms with Crippen molar-refractivity contribution in [3.8, 4) is 0 Å². The summed E-state index contributed by atoms with van der Waals surface area (Å²) < 4.78 is 11.3. The van der Waals surface area contributed by atoms with Gasteiger partial charge in [0.05, 0.1) is 19.3 Å². The maximum Gasteiger partial charge on any atom is 0.240 e. The van der Waals surface area contributed by atoms with E-state index in [-0.39, 0.29) is 35.4 Å². The third-order valence-electron chi connectivity index (χ3n) is 7.28. The van der Waals surface area contributed by atoms with Crippen molar-refractivity contribution in [2.24, 2.45) is 11.1 Å². The number of hydrogen-bond acceptors (Lipinski definition) is 5. The third kappa shape index (κ3) is 4.15. The van der Waals surface area contributed by atoms with Crippen LogP contribution in [0.5, 0.6) is 0 Å². The number of hydrogen-bond donors (Lipinski definition) is 2. The van der Waals surface area contributed by atoms with Crippen LogP contribution in [0, 0.1) is 5.41 Å². The zero-order valence-corrected chi connectivity index (χ0v) is 18.0. The molecule has 3 aliphatic rings. The van der Waals surface area contributed by atoms with Gasteiger partial charge in [0, 0.05) is 43.6 Å². The first-order valence-electron chi connectivity index (χ1n) is 10.4. The van der Waals surface area contributed by atoms with Crippen molar-refractivity contribution in [2.75, 3.05) is 39.5 Å². The van der Waals surface area contributed by atoms with E-state index < -0.39 is 5.54 Å². The first kappa shape index (κ1) is 22.9. The molecule has 0 spiro atoms. The summed E-state index contributed by atoms with van der Waals surface area (Å²) in [7, 11) is 0. The molecule has 3 rings (SSSR count). The molecule has 2 atom stereocenters. The molecule has 6 nitrogen and oxygen atoms in total. The summed E-state index contributed by atoms with van der Waals surface area (Å²) in [4.78, 5) is 15.6. The number of nitrogens with one attached hydrogen (secondary N) is 1. The molecule has 0 aromatic rings. The number of halogens is 1. The lowest BCUT2D eigenvalue weighted by atomic mass is 9.54. The Morgan fingerprint density at radius 1 is 1.22 bits per heavy atom. The largest absolute Gasteiger partial charge is 0.379 e. The van der Waals surface area contributed by atoms with Crippen LogP contribution in [-0.4, -0.2) is 67.4 Å². The van der Waals surface area contributed by atoms with Crippen LogP contribution in [0.15, 0.2) is 0 Å². The number of carbonyl (C=O) groups excluding carboxylic acids is 1. The zero-order valence-electron chi connectivity index (χ0n) is 17.2. The van der Waals surface area contributed by atoms with Gasteiger partial charge in [0.15, 0.2) is 0 Å². The predicted octanol–water partition coefficient (Wildman–Crippen LogP) is 2.09. The van der Waals surface area contributed by atoms with Crippen molar-refractivity contribution in [3.63, 3.8) is 0 Å². The lowest BCUT2D eigenvalue weighted by molar-refractivity contribution is -0.171. The summed E-state index contributed by atoms with van der Waals surface area (Å²) in [5, 5.41) is 3.25. The molecule has 3 N–H and O–H groups in total. The van der Waals surface area contributed by atoms with E-state index in [0.29, 0.717) is 19.6 Å². The molecule has 27 heavy (non-hydrogen) atoms. The summed E-state index contributed by atoms with van der Waals surface area (Å²) >= 11 is 0. The van der Waals surface area contributed by atoms with E-state index in [0.717, 1.165) is 39.1 Å². The molecule has 0 bridgehead atoms. The summed E-state index contributed by atoms with van der Waals surface area (Å²) in [6, 6.07) is 0. The minimum Gasteiger partial charge on any atom is -0.379 e. The molecule has 0 aromatic carbocycles. The second kappa shape index (κ2) is 8.95. The summed E-state index contributed by atoms with van der Waals surface area (Å²) in [6.07, 6.45) is 6.73. The Labute approximate surface area is 170 Å². The lowest BCUT2D eigenvalue weighted by Crippen LogP contribution is -2.76. The zero-order chi connectivity index (χ0) is 18.8. The topological polar surface area (TPSA) is 76.8 Å². The van der Waals surface area contributed by atoms with E-state index in [9.17, 15) is 4.79 Å². The Morgan fingerprint density at radius 3 is 2.41 bits per heavy atom. The SMILES string of the molecule is CCOC1CC(N)(C(=O)NCC2(N3CCOCC3)CCCCC2)C1(C)C.Cl. The van der Waals surface area contributed by atoms with E-state index in [1.807, 2.05) is 6.92 Å². The number of amides is 1. The normalized spacial score (nSPS) is 32.8. The van der Waals surface area contributed by atoms with Crippen molar-refractivity contribution in [1.82, 2.24) is 10.2 Å². The fourth-order valence-corrected chi connectivity index (χ4v) is 5.08. The molecule has 2 aliphatic carbocycles. The van der Waals surface area contributed by atoms with E-state index >= 15 is 0 Å². The molecular weight excluding hydrogens is 366 g/mol. The highest BCUT2D eigenvalue weighted by Crippen LogP contribution is 2.50. The minimum atomic E-state index is -0.840. The molecule has 0 radical (unpaired) electrons. The highest BCUT2D eigenvalue weighted by atomic mass is 35.5. The van der Waals surface area contributed by atoms with Crippen molar-refractivity contribution >= 4 is 18.3 Å². The summed E-state index contributed by atoms with van der Waals surface area (Å²) in [5.74, 6) is -0.0170. The summed E-state index contributed by atoms with van der Waals surface area (Å²) in [6.45, 7) is 10.9. The van der Waals surface area contributed by atoms with Gasteiger partial charge in [-0.25, -0.2) is 0 Å². The molecule has 2 saturated carbocycles. The van der Waals surface area contributed by atoms with Gasteiger partial charge in [0.1, 0.15) is 5.54 Å². The molecular formula is C20H38ClN3O3. The van der Waals surface area contributed by atoms with Gasteiger partial charge < -0.3 is 20.5 Å². The molecule has 1 heterocycles. The van der Waals surface area contributed by atoms with Gasteiger partial charge in [-0.1, -0.05) is 33.1 Å². The molecule has 1 aliphatic heterocycles. The van der Waals surface area contributed by atoms with Crippen molar-refractivity contribution in [1.29, 1.82) is 0 Å². The molecule has 3 fully saturated rings. The second-order valence-electron chi connectivity index (χ2n) is 8.91. The Bertz CT molecular complexity index is 505. The lowest BCUT2D eigenvalue weighted by Gasteiger charge is -2.58. The van der Waals surface area contributed by atoms with Crippen LogP contribution < -0.4 is 11.1 Å². The van der Waals surface area contributed by atoms with Crippen molar-refractivity contribution in [3.05, 3.63) is 0 Å². The maximum absolute atomic E-state index is 13.0. The number of morpholine rings is 1. The number of nitrogens with two attached hydrogens (primary N) is 1. The third-order valence-corrected chi connectivity index (χ3v) is 7.28. The van der Waals surface area contributed by atoms with Crippen LogP contribution in [-0.2, 0) is 14.3 Å². The Morgan fingerprint density at radius 2 is 1.85 bits per heavy atom. The molecule has 7 heteroatoms. The number of carbonyl (C=O) groups is 1. The standard InChI is InChI=1S/C20H37N3O3.ClH/c1-4-26-16-14-20(21,18(16,2)3)17(24)22-15-19(8-6-5-7-9-19)23-10-12-25-13-11-23;/h16H,4-15,21H2,1-3H3,(H,22,24);1H. The molecule has 1 saturated heterocycles. The van der Waals surface area contributed by atoms with Gasteiger partial charge in [-0.05, 0) is 19.8 Å². The smallest absolute Gasteiger partial charge is 0.240 e. The van der Waals surface area contributed by atoms with E-state index in [1.165, 1.54) is 19.3 Å². The number of rotatable bonds is 6. The van der Waals surface area contributed by atoms with Crippen LogP contribution in [0.4, 0.5) is 0 Å². The first-order valence-corrected chi connectivity index (χ1v) is 10.4. The first-order chi connectivity index (χ1) is 12.4. The fraction of sp³-hybridized carbons (Fsp3) is 0.950. The van der Waals surface area contributed by atoms with Crippen LogP contribution in [0.3, 0.4) is 0 Å². The van der Waals surface area contributed by atoms with Crippen molar-refractivity contribution < 1.29 is 14.3 Å². The van der Waals surface area contributed by atoms with E-state index in [4.69, 9.17) is 15.2 Å². The van der Waals surface area contributed by atoms with Gasteiger partial charge in [0.25, 0.3) is 0 Å². The van der Waals surface area contributed by atoms with Crippen molar-refractivity contribution in [2.45, 2.75) is 76.5 Å². The second-order valence-corrected chi connectivity index (χ2v) is 8.91. The maximum atomic E-state index is 13.0. The molecule has 0 aromatic heterocycles. The molecule has 1 amide bonds. The molecule has 158 valence electrons. The van der Waals surface area contributed by atoms with Gasteiger partial charge in [-0.3, -0.25) is 9.69 Å². The van der Waals surface area contributed by atoms with E-state index in [1.54, 1.807) is 0 Å². The van der Waals surface area contributed by atoms with Gasteiger partial charge >= 0.3 is 0 Å². The van der Waals surface area contributed by atoms with Crippen LogP contribution in [0.1, 0.15) is 59.3 Å². The quantitative estimate of drug-likeness (QED) is 0.710. The van der Waals surface area contributed by atoms with Crippen LogP contribution in [0.25, 0.3) is 0 Å². The number of ether oxygens (including phenoxy) is 2. The monoisotopic (exact) mass is 403 g/mol. The van der Waals surface area contributed by atoms with Gasteiger partial charge in [0.2, 0.25) is 5.91 Å². The summed E-state index contributed by atoms with van der Waals surface area (Å²) in [5.41, 5.74) is 5.45.